The number of hydrogen-bond donors (Lipinski definition) is 1. The minimum absolute atomic E-state index is 0.187. The maximum atomic E-state index is 10.2. The number of carbonyl (C=O) groups is 1. The van der Waals surface area contributed by atoms with Crippen LogP contribution in [0.2, 0.25) is 0 Å². The summed E-state index contributed by atoms with van der Waals surface area (Å²) in [6.07, 6.45) is 1.22. The van der Waals surface area contributed by atoms with Crippen molar-refractivity contribution in [2.75, 3.05) is 19.8 Å². The van der Waals surface area contributed by atoms with E-state index in [-0.39, 0.29) is 5.57 Å². The van der Waals surface area contributed by atoms with Crippen molar-refractivity contribution in [3.63, 3.8) is 0 Å². The molecule has 0 unspecified atom stereocenters. The molecule has 4 nitrogen and oxygen atoms in total. The van der Waals surface area contributed by atoms with E-state index in [0.29, 0.717) is 19.8 Å². The third-order valence-corrected chi connectivity index (χ3v) is 1.15. The zero-order valence-electron chi connectivity index (χ0n) is 7.37. The molecule has 0 amide bonds. The highest BCUT2D eigenvalue weighted by molar-refractivity contribution is 5.85. The van der Waals surface area contributed by atoms with Crippen molar-refractivity contribution in [1.29, 1.82) is 0 Å². The highest BCUT2D eigenvalue weighted by Gasteiger charge is 1.98. The van der Waals surface area contributed by atoms with Crippen LogP contribution in [-0.2, 0) is 14.3 Å². The summed E-state index contributed by atoms with van der Waals surface area (Å²) >= 11 is 0. The van der Waals surface area contributed by atoms with Crippen molar-refractivity contribution in [1.82, 2.24) is 0 Å². The lowest BCUT2D eigenvalue weighted by Crippen LogP contribution is -2.02. The molecular weight excluding hydrogens is 160 g/mol. The van der Waals surface area contributed by atoms with Crippen LogP contribution in [0.5, 0.6) is 0 Å². The Labute approximate surface area is 71.8 Å². The summed E-state index contributed by atoms with van der Waals surface area (Å²) < 4.78 is 9.87. The maximum Gasteiger partial charge on any atom is 0.334 e. The summed E-state index contributed by atoms with van der Waals surface area (Å²) in [6.45, 7) is 4.88. The van der Waals surface area contributed by atoms with E-state index in [0.717, 1.165) is 0 Å². The first-order valence-corrected chi connectivity index (χ1v) is 3.78. The van der Waals surface area contributed by atoms with Crippen LogP contribution < -0.4 is 0 Å². The summed E-state index contributed by atoms with van der Waals surface area (Å²) in [7, 11) is 0. The molecule has 70 valence electrons. The van der Waals surface area contributed by atoms with Crippen LogP contribution in [0.1, 0.15) is 13.8 Å². The summed E-state index contributed by atoms with van der Waals surface area (Å²) in [5, 5.41) is 8.41. The molecule has 0 aromatic rings. The summed E-state index contributed by atoms with van der Waals surface area (Å²) in [6, 6.07) is 0. The van der Waals surface area contributed by atoms with E-state index < -0.39 is 5.97 Å². The second-order valence-electron chi connectivity index (χ2n) is 2.17. The Hall–Kier alpha value is -1.03. The van der Waals surface area contributed by atoms with Gasteiger partial charge in [0, 0.05) is 6.61 Å². The van der Waals surface area contributed by atoms with Crippen LogP contribution in [0.25, 0.3) is 0 Å². The number of carboxylic acid groups (broad SMARTS) is 1. The van der Waals surface area contributed by atoms with E-state index in [9.17, 15) is 4.79 Å². The molecule has 0 aliphatic rings. The van der Waals surface area contributed by atoms with Crippen molar-refractivity contribution >= 4 is 5.97 Å². The second-order valence-corrected chi connectivity index (χ2v) is 2.17. The van der Waals surface area contributed by atoms with Crippen LogP contribution in [0.4, 0.5) is 0 Å². The molecule has 1 N–H and O–H groups in total. The van der Waals surface area contributed by atoms with Crippen LogP contribution in [0.15, 0.2) is 11.8 Å². The van der Waals surface area contributed by atoms with Gasteiger partial charge >= 0.3 is 5.97 Å². The lowest BCUT2D eigenvalue weighted by atomic mass is 10.3. The molecule has 0 bridgehead atoms. The van der Waals surface area contributed by atoms with E-state index in [4.69, 9.17) is 14.6 Å². The number of hydrogen-bond acceptors (Lipinski definition) is 3. The highest BCUT2D eigenvalue weighted by Crippen LogP contribution is 1.92. The molecule has 0 saturated carbocycles. The van der Waals surface area contributed by atoms with Crippen molar-refractivity contribution in [3.05, 3.63) is 11.8 Å². The molecular formula is C8H14O4. The quantitative estimate of drug-likeness (QED) is 0.371. The molecule has 0 radical (unpaired) electrons. The van der Waals surface area contributed by atoms with Crippen LogP contribution >= 0.6 is 0 Å². The van der Waals surface area contributed by atoms with Crippen LogP contribution in [0.3, 0.4) is 0 Å². The lowest BCUT2D eigenvalue weighted by Gasteiger charge is -2.01. The Morgan fingerprint density at radius 2 is 2.17 bits per heavy atom. The standard InChI is InChI=1S/C8H14O4/c1-3-11-4-5-12-6-7(2)8(9)10/h6H,3-5H2,1-2H3,(H,9,10). The maximum absolute atomic E-state index is 10.2. The van der Waals surface area contributed by atoms with Gasteiger partial charge in [0.05, 0.1) is 18.4 Å². The third-order valence-electron chi connectivity index (χ3n) is 1.15. The van der Waals surface area contributed by atoms with Crippen molar-refractivity contribution in [3.8, 4) is 0 Å². The smallest absolute Gasteiger partial charge is 0.334 e. The summed E-state index contributed by atoms with van der Waals surface area (Å²) in [4.78, 5) is 10.2. The average molecular weight is 174 g/mol. The van der Waals surface area contributed by atoms with Gasteiger partial charge in [-0.05, 0) is 13.8 Å². The minimum atomic E-state index is -0.966. The topological polar surface area (TPSA) is 55.8 Å². The molecule has 0 fully saturated rings. The SMILES string of the molecule is CCOCCOC=C(C)C(=O)O. The van der Waals surface area contributed by atoms with Gasteiger partial charge < -0.3 is 14.6 Å². The average Bonchev–Trinajstić information content (AvgIpc) is 2.03. The van der Waals surface area contributed by atoms with E-state index in [2.05, 4.69) is 0 Å². The molecule has 0 aliphatic carbocycles. The second kappa shape index (κ2) is 6.67. The normalized spacial score (nSPS) is 11.3. The molecule has 4 heteroatoms. The van der Waals surface area contributed by atoms with Crippen LogP contribution in [-0.4, -0.2) is 30.9 Å². The molecule has 0 spiro atoms. The third kappa shape index (κ3) is 5.73. The van der Waals surface area contributed by atoms with E-state index in [1.165, 1.54) is 13.2 Å². The predicted octanol–water partition coefficient (Wildman–Crippen LogP) is 1.03. The Bertz CT molecular complexity index is 162. The first kappa shape index (κ1) is 11.0. The predicted molar refractivity (Wildman–Crippen MR) is 43.8 cm³/mol. The summed E-state index contributed by atoms with van der Waals surface area (Å²) in [5.74, 6) is -0.966. The molecule has 0 aliphatic heterocycles. The van der Waals surface area contributed by atoms with Gasteiger partial charge in [0.15, 0.2) is 0 Å². The number of ether oxygens (including phenoxy) is 2. The summed E-state index contributed by atoms with van der Waals surface area (Å²) in [5.41, 5.74) is 0.187. The molecule has 0 atom stereocenters. The first-order valence-electron chi connectivity index (χ1n) is 3.78. The highest BCUT2D eigenvalue weighted by atomic mass is 16.5. The molecule has 12 heavy (non-hydrogen) atoms. The molecule has 0 rings (SSSR count). The van der Waals surface area contributed by atoms with E-state index in [1.54, 1.807) is 0 Å². The van der Waals surface area contributed by atoms with E-state index in [1.807, 2.05) is 6.92 Å². The van der Waals surface area contributed by atoms with Gasteiger partial charge in [0.1, 0.15) is 6.61 Å². The number of rotatable bonds is 6. The van der Waals surface area contributed by atoms with Crippen molar-refractivity contribution in [2.24, 2.45) is 0 Å². The van der Waals surface area contributed by atoms with E-state index >= 15 is 0 Å². The zero-order valence-corrected chi connectivity index (χ0v) is 7.37. The van der Waals surface area contributed by atoms with Gasteiger partial charge in [-0.25, -0.2) is 4.79 Å². The monoisotopic (exact) mass is 174 g/mol. The van der Waals surface area contributed by atoms with Gasteiger partial charge in [-0.1, -0.05) is 0 Å². The fourth-order valence-electron chi connectivity index (χ4n) is 0.486. The van der Waals surface area contributed by atoms with Crippen LogP contribution in [0, 0.1) is 0 Å². The molecule has 0 aromatic heterocycles. The largest absolute Gasteiger partial charge is 0.498 e. The van der Waals surface area contributed by atoms with Crippen molar-refractivity contribution < 1.29 is 19.4 Å². The lowest BCUT2D eigenvalue weighted by molar-refractivity contribution is -0.132. The Morgan fingerprint density at radius 1 is 1.50 bits per heavy atom. The Balaban J connectivity index is 3.40. The number of carboxylic acids is 1. The van der Waals surface area contributed by atoms with Gasteiger partial charge in [-0.3, -0.25) is 0 Å². The van der Waals surface area contributed by atoms with Gasteiger partial charge in [0.25, 0.3) is 0 Å². The first-order chi connectivity index (χ1) is 5.68. The molecule has 0 aromatic carbocycles. The fourth-order valence-corrected chi connectivity index (χ4v) is 0.486. The zero-order chi connectivity index (χ0) is 9.40. The van der Waals surface area contributed by atoms with Gasteiger partial charge in [0.2, 0.25) is 0 Å². The minimum Gasteiger partial charge on any atom is -0.498 e. The Kier molecular flexibility index (Phi) is 6.09. The molecule has 0 saturated heterocycles. The van der Waals surface area contributed by atoms with Gasteiger partial charge in [-0.15, -0.1) is 0 Å². The number of aliphatic carboxylic acids is 1. The fraction of sp³-hybridized carbons (Fsp3) is 0.625. The Morgan fingerprint density at radius 3 is 2.67 bits per heavy atom. The van der Waals surface area contributed by atoms with Gasteiger partial charge in [-0.2, -0.15) is 0 Å². The molecule has 0 heterocycles. The van der Waals surface area contributed by atoms with Crippen molar-refractivity contribution in [2.45, 2.75) is 13.8 Å².